The summed E-state index contributed by atoms with van der Waals surface area (Å²) in [5.41, 5.74) is 2.28. The normalized spacial score (nSPS) is 29.0. The number of nitrogens with zero attached hydrogens (tertiary/aromatic N) is 3. The van der Waals surface area contributed by atoms with Gasteiger partial charge in [-0.05, 0) is 63.9 Å². The molecule has 31 heavy (non-hydrogen) atoms. The zero-order valence-electron chi connectivity index (χ0n) is 19.4. The van der Waals surface area contributed by atoms with Gasteiger partial charge in [0, 0.05) is 55.9 Å². The molecule has 4 rings (SSSR count). The van der Waals surface area contributed by atoms with Gasteiger partial charge in [0.05, 0.1) is 6.67 Å². The van der Waals surface area contributed by atoms with E-state index in [0.29, 0.717) is 24.2 Å². The zero-order valence-corrected chi connectivity index (χ0v) is 20.2. The van der Waals surface area contributed by atoms with Crippen LogP contribution in [0.5, 0.6) is 0 Å². The SMILES string of the molecule is CC(NC1CCN(CN2CCC2)[C@H]1CC1=CSC(c2cccc(F)c2)N1)C(C)N(C)C. The smallest absolute Gasteiger partial charge is 0.123 e. The van der Waals surface area contributed by atoms with Gasteiger partial charge in [-0.2, -0.15) is 0 Å². The summed E-state index contributed by atoms with van der Waals surface area (Å²) in [6.07, 6.45) is 3.53. The van der Waals surface area contributed by atoms with E-state index in [9.17, 15) is 4.39 Å². The Morgan fingerprint density at radius 3 is 2.74 bits per heavy atom. The Bertz CT molecular complexity index is 768. The molecule has 7 heteroatoms. The summed E-state index contributed by atoms with van der Waals surface area (Å²) in [7, 11) is 4.31. The van der Waals surface area contributed by atoms with E-state index in [2.05, 4.69) is 58.7 Å². The lowest BCUT2D eigenvalue weighted by Gasteiger charge is -2.39. The van der Waals surface area contributed by atoms with Gasteiger partial charge in [-0.25, -0.2) is 4.39 Å². The van der Waals surface area contributed by atoms with Gasteiger partial charge in [0.2, 0.25) is 0 Å². The molecule has 3 aliphatic heterocycles. The van der Waals surface area contributed by atoms with Crippen molar-refractivity contribution in [1.82, 2.24) is 25.3 Å². The number of halogens is 1. The average Bonchev–Trinajstić information content (AvgIpc) is 3.32. The molecule has 5 nitrogen and oxygen atoms in total. The van der Waals surface area contributed by atoms with Crippen LogP contribution in [0.25, 0.3) is 0 Å². The van der Waals surface area contributed by atoms with Crippen LogP contribution < -0.4 is 10.6 Å². The fourth-order valence-electron chi connectivity index (χ4n) is 4.81. The molecule has 172 valence electrons. The van der Waals surface area contributed by atoms with E-state index in [1.165, 1.54) is 37.7 Å². The molecule has 0 aliphatic carbocycles. The predicted octanol–water partition coefficient (Wildman–Crippen LogP) is 3.43. The maximum atomic E-state index is 13.7. The van der Waals surface area contributed by atoms with Crippen LogP contribution >= 0.6 is 11.8 Å². The van der Waals surface area contributed by atoms with E-state index < -0.39 is 0 Å². The van der Waals surface area contributed by atoms with Gasteiger partial charge in [-0.1, -0.05) is 12.1 Å². The topological polar surface area (TPSA) is 33.8 Å². The first-order valence-electron chi connectivity index (χ1n) is 11.7. The number of likely N-dealkylation sites (tertiary alicyclic amines) is 2. The summed E-state index contributed by atoms with van der Waals surface area (Å²) in [6.45, 7) is 9.29. The van der Waals surface area contributed by atoms with E-state index >= 15 is 0 Å². The van der Waals surface area contributed by atoms with E-state index in [1.807, 2.05) is 6.07 Å². The van der Waals surface area contributed by atoms with Crippen LogP contribution in [0.3, 0.4) is 0 Å². The van der Waals surface area contributed by atoms with Crippen LogP contribution in [0.15, 0.2) is 35.4 Å². The monoisotopic (exact) mass is 447 g/mol. The Kier molecular flexibility index (Phi) is 7.60. The van der Waals surface area contributed by atoms with Gasteiger partial charge in [0.1, 0.15) is 11.2 Å². The highest BCUT2D eigenvalue weighted by Crippen LogP contribution is 2.37. The summed E-state index contributed by atoms with van der Waals surface area (Å²) < 4.78 is 13.7. The number of rotatable bonds is 9. The molecular weight excluding hydrogens is 409 g/mol. The molecule has 5 atom stereocenters. The largest absolute Gasteiger partial charge is 0.372 e. The lowest BCUT2D eigenvalue weighted by molar-refractivity contribution is 0.0686. The molecule has 4 unspecified atom stereocenters. The van der Waals surface area contributed by atoms with Crippen LogP contribution in [0.1, 0.15) is 44.0 Å². The second-order valence-corrected chi connectivity index (χ2v) is 10.6. The third-order valence-electron chi connectivity index (χ3n) is 7.25. The van der Waals surface area contributed by atoms with Crippen LogP contribution in [-0.4, -0.2) is 79.3 Å². The number of hydrogen-bond donors (Lipinski definition) is 2. The van der Waals surface area contributed by atoms with Crippen molar-refractivity contribution >= 4 is 11.8 Å². The molecule has 2 saturated heterocycles. The zero-order chi connectivity index (χ0) is 22.0. The fraction of sp³-hybridized carbons (Fsp3) is 0.667. The Morgan fingerprint density at radius 2 is 2.06 bits per heavy atom. The summed E-state index contributed by atoms with van der Waals surface area (Å²) in [6, 6.07) is 8.84. The second kappa shape index (κ2) is 10.2. The molecule has 0 bridgehead atoms. The van der Waals surface area contributed by atoms with Crippen molar-refractivity contribution in [2.24, 2.45) is 0 Å². The van der Waals surface area contributed by atoms with Crippen LogP contribution in [0.4, 0.5) is 4.39 Å². The highest BCUT2D eigenvalue weighted by molar-refractivity contribution is 8.02. The van der Waals surface area contributed by atoms with Crippen LogP contribution in [-0.2, 0) is 0 Å². The number of thioether (sulfide) groups is 1. The summed E-state index contributed by atoms with van der Waals surface area (Å²) in [5.74, 6) is -0.168. The Hall–Kier alpha value is -1.12. The summed E-state index contributed by atoms with van der Waals surface area (Å²) in [4.78, 5) is 7.52. The quantitative estimate of drug-likeness (QED) is 0.604. The summed E-state index contributed by atoms with van der Waals surface area (Å²) in [5, 5.41) is 9.97. The molecule has 1 aromatic rings. The maximum Gasteiger partial charge on any atom is 0.123 e. The highest BCUT2D eigenvalue weighted by atomic mass is 32.2. The molecule has 1 aromatic carbocycles. The molecular formula is C24H38FN5S. The Balaban J connectivity index is 1.41. The van der Waals surface area contributed by atoms with E-state index in [4.69, 9.17) is 0 Å². The molecule has 3 aliphatic rings. The van der Waals surface area contributed by atoms with Crippen LogP contribution in [0, 0.1) is 5.82 Å². The highest BCUT2D eigenvalue weighted by Gasteiger charge is 2.38. The number of nitrogens with one attached hydrogen (secondary N) is 2. The van der Waals surface area contributed by atoms with Gasteiger partial charge in [-0.15, -0.1) is 11.8 Å². The van der Waals surface area contributed by atoms with Crippen molar-refractivity contribution in [2.45, 2.75) is 62.7 Å². The van der Waals surface area contributed by atoms with Gasteiger partial charge in [-0.3, -0.25) is 9.80 Å². The number of benzene rings is 1. The minimum Gasteiger partial charge on any atom is -0.372 e. The van der Waals surface area contributed by atoms with Crippen molar-refractivity contribution in [2.75, 3.05) is 40.4 Å². The molecule has 3 heterocycles. The van der Waals surface area contributed by atoms with Gasteiger partial charge in [0.15, 0.2) is 0 Å². The lowest BCUT2D eigenvalue weighted by atomic mass is 10.0. The van der Waals surface area contributed by atoms with E-state index in [1.54, 1.807) is 23.9 Å². The molecule has 0 aromatic heterocycles. The van der Waals surface area contributed by atoms with E-state index in [-0.39, 0.29) is 11.2 Å². The van der Waals surface area contributed by atoms with Crippen molar-refractivity contribution in [3.63, 3.8) is 0 Å². The minimum absolute atomic E-state index is 0.107. The van der Waals surface area contributed by atoms with Crippen molar-refractivity contribution in [1.29, 1.82) is 0 Å². The summed E-state index contributed by atoms with van der Waals surface area (Å²) >= 11 is 1.75. The minimum atomic E-state index is -0.168. The third kappa shape index (κ3) is 5.63. The second-order valence-electron chi connectivity index (χ2n) is 9.61. The van der Waals surface area contributed by atoms with Gasteiger partial charge in [0.25, 0.3) is 0 Å². The van der Waals surface area contributed by atoms with Crippen LogP contribution in [0.2, 0.25) is 0 Å². The first-order chi connectivity index (χ1) is 14.9. The standard InChI is InChI=1S/C24H38FN5S/c1-17(18(2)28(3)4)26-22-9-12-30(16-29-10-6-11-29)23(22)14-21-15-31-24(27-21)19-7-5-8-20(25)13-19/h5,7-8,13,15,17-18,22-24,26-27H,6,9-12,14,16H2,1-4H3/t17?,18?,22?,23-,24?/m0/s1. The fourth-order valence-corrected chi connectivity index (χ4v) is 5.80. The maximum absolute atomic E-state index is 13.7. The third-order valence-corrected chi connectivity index (χ3v) is 8.33. The lowest BCUT2D eigenvalue weighted by Crippen LogP contribution is -2.54. The molecule has 2 N–H and O–H groups in total. The number of likely N-dealkylation sites (N-methyl/N-ethyl adjacent to an activating group) is 1. The molecule has 0 radical (unpaired) electrons. The average molecular weight is 448 g/mol. The number of hydrogen-bond acceptors (Lipinski definition) is 6. The van der Waals surface area contributed by atoms with Crippen molar-refractivity contribution in [3.05, 3.63) is 46.8 Å². The predicted molar refractivity (Wildman–Crippen MR) is 128 cm³/mol. The first kappa shape index (κ1) is 23.1. The van der Waals surface area contributed by atoms with Crippen molar-refractivity contribution in [3.8, 4) is 0 Å². The van der Waals surface area contributed by atoms with E-state index in [0.717, 1.165) is 25.2 Å². The van der Waals surface area contributed by atoms with Gasteiger partial charge >= 0.3 is 0 Å². The molecule has 0 amide bonds. The van der Waals surface area contributed by atoms with Gasteiger partial charge < -0.3 is 15.5 Å². The molecule has 0 spiro atoms. The molecule has 0 saturated carbocycles. The Labute approximate surface area is 191 Å². The Morgan fingerprint density at radius 1 is 1.26 bits per heavy atom. The first-order valence-corrected chi connectivity index (χ1v) is 12.6. The molecule has 2 fully saturated rings. The van der Waals surface area contributed by atoms with Crippen molar-refractivity contribution < 1.29 is 4.39 Å².